The summed E-state index contributed by atoms with van der Waals surface area (Å²) < 4.78 is 1.78. The molecule has 102 valence electrons. The standard InChI is InChI=1S/C12H15N3O3S/c1-7-6-19-12(13-7)15-9(3)10(8(2)14-15)4-5-11(16)18-17/h6,17H,4-5H2,1-3H3. The molecule has 6 nitrogen and oxygen atoms in total. The largest absolute Gasteiger partial charge is 0.342 e. The Morgan fingerprint density at radius 2 is 2.21 bits per heavy atom. The number of hydrogen-bond donors (Lipinski definition) is 1. The van der Waals surface area contributed by atoms with Gasteiger partial charge in [0.25, 0.3) is 0 Å². The van der Waals surface area contributed by atoms with Crippen molar-refractivity contribution >= 4 is 17.3 Å². The van der Waals surface area contributed by atoms with Crippen molar-refractivity contribution in [1.29, 1.82) is 0 Å². The minimum atomic E-state index is -0.642. The maximum Gasteiger partial charge on any atom is 0.342 e. The molecule has 2 heterocycles. The summed E-state index contributed by atoms with van der Waals surface area (Å²) >= 11 is 1.53. The number of rotatable bonds is 4. The molecule has 0 fully saturated rings. The van der Waals surface area contributed by atoms with Gasteiger partial charge in [-0.15, -0.1) is 11.3 Å². The van der Waals surface area contributed by atoms with Crippen molar-refractivity contribution in [3.8, 4) is 5.13 Å². The summed E-state index contributed by atoms with van der Waals surface area (Å²) in [4.78, 5) is 19.0. The second-order valence-electron chi connectivity index (χ2n) is 4.30. The van der Waals surface area contributed by atoms with Gasteiger partial charge in [0.05, 0.1) is 17.8 Å². The molecule has 0 radical (unpaired) electrons. The molecule has 0 aromatic carbocycles. The number of carbonyl (C=O) groups is 1. The molecule has 0 unspecified atom stereocenters. The third-order valence-electron chi connectivity index (χ3n) is 2.91. The zero-order valence-electron chi connectivity index (χ0n) is 11.0. The van der Waals surface area contributed by atoms with Crippen molar-refractivity contribution in [2.24, 2.45) is 0 Å². The molecule has 0 atom stereocenters. The Bertz CT molecular complexity index is 603. The average molecular weight is 281 g/mol. The van der Waals surface area contributed by atoms with E-state index in [4.69, 9.17) is 5.26 Å². The van der Waals surface area contributed by atoms with E-state index >= 15 is 0 Å². The van der Waals surface area contributed by atoms with Gasteiger partial charge in [0.1, 0.15) is 0 Å². The van der Waals surface area contributed by atoms with Crippen LogP contribution in [-0.2, 0) is 16.1 Å². The third-order valence-corrected chi connectivity index (χ3v) is 3.84. The summed E-state index contributed by atoms with van der Waals surface area (Å²) in [5, 5.41) is 15.5. The number of hydrogen-bond acceptors (Lipinski definition) is 6. The molecule has 0 amide bonds. The van der Waals surface area contributed by atoms with Crippen molar-refractivity contribution in [2.75, 3.05) is 0 Å². The first-order chi connectivity index (χ1) is 9.02. The molecule has 0 spiro atoms. The Hall–Kier alpha value is -1.73. The van der Waals surface area contributed by atoms with E-state index in [2.05, 4.69) is 15.0 Å². The molecule has 0 aliphatic carbocycles. The second kappa shape index (κ2) is 5.50. The Balaban J connectivity index is 2.27. The molecule has 7 heteroatoms. The molecule has 0 bridgehead atoms. The summed E-state index contributed by atoms with van der Waals surface area (Å²) in [6, 6.07) is 0. The summed E-state index contributed by atoms with van der Waals surface area (Å²) in [5.41, 5.74) is 3.75. The first kappa shape index (κ1) is 13.7. The molecule has 19 heavy (non-hydrogen) atoms. The van der Waals surface area contributed by atoms with E-state index < -0.39 is 5.97 Å². The summed E-state index contributed by atoms with van der Waals surface area (Å²) in [6.45, 7) is 5.77. The van der Waals surface area contributed by atoms with Crippen LogP contribution in [0.4, 0.5) is 0 Å². The maximum absolute atomic E-state index is 11.0. The summed E-state index contributed by atoms with van der Waals surface area (Å²) in [5.74, 6) is -0.642. The zero-order chi connectivity index (χ0) is 14.0. The Kier molecular flexibility index (Phi) is 3.96. The van der Waals surface area contributed by atoms with Gasteiger partial charge in [0.15, 0.2) is 0 Å². The molecule has 0 aliphatic rings. The molecule has 0 saturated carbocycles. The number of carbonyl (C=O) groups excluding carboxylic acids is 1. The fourth-order valence-electron chi connectivity index (χ4n) is 1.93. The fourth-order valence-corrected chi connectivity index (χ4v) is 2.74. The van der Waals surface area contributed by atoms with E-state index in [1.165, 1.54) is 11.3 Å². The summed E-state index contributed by atoms with van der Waals surface area (Å²) in [7, 11) is 0. The highest BCUT2D eigenvalue weighted by Crippen LogP contribution is 2.21. The zero-order valence-corrected chi connectivity index (χ0v) is 11.8. The number of aryl methyl sites for hydroxylation is 2. The van der Waals surface area contributed by atoms with Crippen LogP contribution in [0.1, 0.15) is 29.1 Å². The molecule has 2 aromatic heterocycles. The van der Waals surface area contributed by atoms with Crippen molar-refractivity contribution in [3.05, 3.63) is 28.0 Å². The molecule has 1 N–H and O–H groups in total. The van der Waals surface area contributed by atoms with Gasteiger partial charge in [0, 0.05) is 11.1 Å². The van der Waals surface area contributed by atoms with E-state index in [1.807, 2.05) is 26.2 Å². The number of nitrogens with zero attached hydrogens (tertiary/aromatic N) is 3. The minimum absolute atomic E-state index is 0.126. The lowest BCUT2D eigenvalue weighted by Gasteiger charge is -2.01. The molecule has 0 aliphatic heterocycles. The lowest BCUT2D eigenvalue weighted by atomic mass is 10.1. The van der Waals surface area contributed by atoms with Gasteiger partial charge in [-0.3, -0.25) is 0 Å². The van der Waals surface area contributed by atoms with Crippen molar-refractivity contribution < 1.29 is 14.9 Å². The van der Waals surface area contributed by atoms with Crippen molar-refractivity contribution in [1.82, 2.24) is 14.8 Å². The Labute approximate surface area is 114 Å². The highest BCUT2D eigenvalue weighted by atomic mass is 32.1. The van der Waals surface area contributed by atoms with Crippen molar-refractivity contribution in [3.63, 3.8) is 0 Å². The van der Waals surface area contributed by atoms with Gasteiger partial charge >= 0.3 is 5.97 Å². The van der Waals surface area contributed by atoms with Crippen LogP contribution >= 0.6 is 11.3 Å². The highest BCUT2D eigenvalue weighted by molar-refractivity contribution is 7.12. The van der Waals surface area contributed by atoms with Gasteiger partial charge in [-0.05, 0) is 32.8 Å². The van der Waals surface area contributed by atoms with Crippen LogP contribution in [0.5, 0.6) is 0 Å². The maximum atomic E-state index is 11.0. The number of thiazole rings is 1. The number of aromatic nitrogens is 3. The summed E-state index contributed by atoms with van der Waals surface area (Å²) in [6.07, 6.45) is 0.613. The SMILES string of the molecule is Cc1csc(-n2nc(C)c(CCC(=O)OO)c2C)n1. The predicted molar refractivity (Wildman–Crippen MR) is 70.5 cm³/mol. The first-order valence-corrected chi connectivity index (χ1v) is 6.72. The molecule has 0 saturated heterocycles. The molecular formula is C12H15N3O3S. The van der Waals surface area contributed by atoms with E-state index in [0.29, 0.717) is 6.42 Å². The monoisotopic (exact) mass is 281 g/mol. The van der Waals surface area contributed by atoms with Crippen LogP contribution in [0.15, 0.2) is 5.38 Å². The topological polar surface area (TPSA) is 77.2 Å². The minimum Gasteiger partial charge on any atom is -0.301 e. The van der Waals surface area contributed by atoms with Crippen LogP contribution in [0, 0.1) is 20.8 Å². The highest BCUT2D eigenvalue weighted by Gasteiger charge is 2.16. The first-order valence-electron chi connectivity index (χ1n) is 5.84. The van der Waals surface area contributed by atoms with Crippen LogP contribution in [0.2, 0.25) is 0 Å². The van der Waals surface area contributed by atoms with Gasteiger partial charge in [-0.25, -0.2) is 14.5 Å². The lowest BCUT2D eigenvalue weighted by molar-refractivity contribution is -0.234. The van der Waals surface area contributed by atoms with Crippen LogP contribution < -0.4 is 0 Å². The Morgan fingerprint density at radius 1 is 1.47 bits per heavy atom. The third kappa shape index (κ3) is 2.82. The fraction of sp³-hybridized carbons (Fsp3) is 0.417. The normalized spacial score (nSPS) is 10.7. The van der Waals surface area contributed by atoms with Crippen LogP contribution in [0.3, 0.4) is 0 Å². The van der Waals surface area contributed by atoms with E-state index in [-0.39, 0.29) is 6.42 Å². The Morgan fingerprint density at radius 3 is 2.79 bits per heavy atom. The van der Waals surface area contributed by atoms with E-state index in [1.54, 1.807) is 4.68 Å². The van der Waals surface area contributed by atoms with Crippen molar-refractivity contribution in [2.45, 2.75) is 33.6 Å². The van der Waals surface area contributed by atoms with E-state index in [0.717, 1.165) is 27.8 Å². The average Bonchev–Trinajstić information content (AvgIpc) is 2.92. The molecule has 2 rings (SSSR count). The molecule has 2 aromatic rings. The quantitative estimate of drug-likeness (QED) is 0.686. The lowest BCUT2D eigenvalue weighted by Crippen LogP contribution is -2.04. The predicted octanol–water partition coefficient (Wildman–Crippen LogP) is 2.20. The smallest absolute Gasteiger partial charge is 0.301 e. The second-order valence-corrected chi connectivity index (χ2v) is 5.13. The van der Waals surface area contributed by atoms with E-state index in [9.17, 15) is 4.79 Å². The van der Waals surface area contributed by atoms with Gasteiger partial charge in [0.2, 0.25) is 5.13 Å². The van der Waals surface area contributed by atoms with Gasteiger partial charge < -0.3 is 4.89 Å². The molecular weight excluding hydrogens is 266 g/mol. The van der Waals surface area contributed by atoms with Crippen LogP contribution in [-0.4, -0.2) is 26.0 Å². The van der Waals surface area contributed by atoms with Gasteiger partial charge in [-0.2, -0.15) is 10.4 Å². The van der Waals surface area contributed by atoms with Crippen LogP contribution in [0.25, 0.3) is 5.13 Å². The van der Waals surface area contributed by atoms with Gasteiger partial charge in [-0.1, -0.05) is 0 Å².